The average Bonchev–Trinajstić information content (AvgIpc) is 2.27. The minimum absolute atomic E-state index is 0.161. The summed E-state index contributed by atoms with van der Waals surface area (Å²) in [5.41, 5.74) is 0.498. The molecule has 1 aliphatic rings. The summed E-state index contributed by atoms with van der Waals surface area (Å²) in [6.45, 7) is 0. The highest BCUT2D eigenvalue weighted by molar-refractivity contribution is 6.12. The Morgan fingerprint density at radius 1 is 1.00 bits per heavy atom. The van der Waals surface area contributed by atoms with E-state index in [4.69, 9.17) is 4.74 Å². The van der Waals surface area contributed by atoms with Crippen molar-refractivity contribution in [3.05, 3.63) is 42.0 Å². The highest BCUT2D eigenvalue weighted by Gasteiger charge is 2.24. The molecule has 78 valence electrons. The molecule has 0 saturated carbocycles. The third-order valence-corrected chi connectivity index (χ3v) is 2.68. The summed E-state index contributed by atoms with van der Waals surface area (Å²) in [5.74, 6) is -0.273. The van der Waals surface area contributed by atoms with Crippen molar-refractivity contribution in [1.29, 1.82) is 0 Å². The van der Waals surface area contributed by atoms with Crippen molar-refractivity contribution >= 4 is 22.5 Å². The Bertz CT molecular complexity index is 614. The lowest BCUT2D eigenvalue weighted by Gasteiger charge is -2.15. The molecule has 0 bridgehead atoms. The summed E-state index contributed by atoms with van der Waals surface area (Å²) in [6.07, 6.45) is -0.161. The van der Waals surface area contributed by atoms with E-state index < -0.39 is 5.97 Å². The van der Waals surface area contributed by atoms with Crippen molar-refractivity contribution in [2.75, 3.05) is 0 Å². The number of carbonyl (C=O) groups excluding carboxylic acids is 2. The number of ketones is 1. The van der Waals surface area contributed by atoms with Crippen LogP contribution in [-0.4, -0.2) is 11.8 Å². The SMILES string of the molecule is O=C1CC(=O)c2cc3ccccc3cc2O1. The van der Waals surface area contributed by atoms with Crippen LogP contribution in [0.15, 0.2) is 36.4 Å². The first-order valence-corrected chi connectivity index (χ1v) is 5.01. The van der Waals surface area contributed by atoms with E-state index in [-0.39, 0.29) is 12.2 Å². The van der Waals surface area contributed by atoms with Gasteiger partial charge < -0.3 is 4.74 Å². The van der Waals surface area contributed by atoms with Crippen molar-refractivity contribution in [2.24, 2.45) is 0 Å². The topological polar surface area (TPSA) is 43.4 Å². The lowest BCUT2D eigenvalue weighted by Crippen LogP contribution is -2.21. The van der Waals surface area contributed by atoms with Gasteiger partial charge >= 0.3 is 5.97 Å². The van der Waals surface area contributed by atoms with E-state index in [1.54, 1.807) is 12.1 Å². The predicted molar refractivity (Wildman–Crippen MR) is 58.5 cm³/mol. The zero-order chi connectivity index (χ0) is 11.1. The maximum absolute atomic E-state index is 11.6. The van der Waals surface area contributed by atoms with Gasteiger partial charge in [0.25, 0.3) is 0 Å². The Morgan fingerprint density at radius 3 is 2.44 bits per heavy atom. The van der Waals surface area contributed by atoms with Crippen LogP contribution >= 0.6 is 0 Å². The maximum Gasteiger partial charge on any atom is 0.319 e. The predicted octanol–water partition coefficient (Wildman–Crippen LogP) is 2.33. The van der Waals surface area contributed by atoms with Crippen LogP contribution in [0.25, 0.3) is 10.8 Å². The number of benzene rings is 2. The van der Waals surface area contributed by atoms with Crippen LogP contribution in [0.1, 0.15) is 16.8 Å². The zero-order valence-corrected chi connectivity index (χ0v) is 8.40. The molecule has 0 amide bonds. The van der Waals surface area contributed by atoms with Crippen molar-refractivity contribution in [1.82, 2.24) is 0 Å². The molecule has 0 spiro atoms. The summed E-state index contributed by atoms with van der Waals surface area (Å²) in [4.78, 5) is 22.8. The Morgan fingerprint density at radius 2 is 1.69 bits per heavy atom. The number of hydrogen-bond donors (Lipinski definition) is 0. The first-order valence-electron chi connectivity index (χ1n) is 5.01. The lowest BCUT2D eigenvalue weighted by molar-refractivity contribution is -0.133. The quantitative estimate of drug-likeness (QED) is 0.382. The Labute approximate surface area is 91.6 Å². The Hall–Kier alpha value is -2.16. The highest BCUT2D eigenvalue weighted by Crippen LogP contribution is 2.30. The van der Waals surface area contributed by atoms with E-state index in [2.05, 4.69) is 0 Å². The van der Waals surface area contributed by atoms with E-state index >= 15 is 0 Å². The van der Waals surface area contributed by atoms with E-state index in [9.17, 15) is 9.59 Å². The van der Waals surface area contributed by atoms with Gasteiger partial charge in [-0.1, -0.05) is 24.3 Å². The molecule has 0 N–H and O–H groups in total. The fourth-order valence-corrected chi connectivity index (χ4v) is 1.91. The standard InChI is InChI=1S/C13H8O3/c14-11-7-13(15)16-12-6-9-4-2-1-3-8(9)5-10(11)12/h1-6H,7H2. The normalized spacial score (nSPS) is 14.8. The third-order valence-electron chi connectivity index (χ3n) is 2.68. The van der Waals surface area contributed by atoms with Gasteiger partial charge in [-0.25, -0.2) is 0 Å². The molecule has 0 radical (unpaired) electrons. The molecule has 1 heterocycles. The van der Waals surface area contributed by atoms with E-state index in [1.165, 1.54) is 0 Å². The highest BCUT2D eigenvalue weighted by atomic mass is 16.5. The summed E-state index contributed by atoms with van der Waals surface area (Å²) >= 11 is 0. The second-order valence-corrected chi connectivity index (χ2v) is 3.77. The number of carbonyl (C=O) groups is 2. The average molecular weight is 212 g/mol. The summed E-state index contributed by atoms with van der Waals surface area (Å²) in [7, 11) is 0. The van der Waals surface area contributed by atoms with Crippen molar-refractivity contribution in [3.8, 4) is 5.75 Å². The fraction of sp³-hybridized carbons (Fsp3) is 0.0769. The van der Waals surface area contributed by atoms with Crippen LogP contribution in [0.3, 0.4) is 0 Å². The fourth-order valence-electron chi connectivity index (χ4n) is 1.91. The molecule has 2 aromatic rings. The van der Waals surface area contributed by atoms with Crippen LogP contribution in [0.2, 0.25) is 0 Å². The van der Waals surface area contributed by atoms with Gasteiger partial charge in [0.15, 0.2) is 5.78 Å². The van der Waals surface area contributed by atoms with Gasteiger partial charge in [0.2, 0.25) is 0 Å². The van der Waals surface area contributed by atoms with Crippen molar-refractivity contribution in [2.45, 2.75) is 6.42 Å². The van der Waals surface area contributed by atoms with Gasteiger partial charge in [-0.15, -0.1) is 0 Å². The summed E-state index contributed by atoms with van der Waals surface area (Å²) < 4.78 is 5.05. The van der Waals surface area contributed by atoms with Gasteiger partial charge in [-0.3, -0.25) is 9.59 Å². The largest absolute Gasteiger partial charge is 0.425 e. The first kappa shape index (κ1) is 9.09. The van der Waals surface area contributed by atoms with Gasteiger partial charge in [-0.05, 0) is 22.9 Å². The van der Waals surface area contributed by atoms with Gasteiger partial charge in [-0.2, -0.15) is 0 Å². The van der Waals surface area contributed by atoms with Crippen LogP contribution in [-0.2, 0) is 4.79 Å². The van der Waals surface area contributed by atoms with Crippen LogP contribution in [0.5, 0.6) is 5.75 Å². The maximum atomic E-state index is 11.6. The molecule has 0 aliphatic carbocycles. The molecule has 16 heavy (non-hydrogen) atoms. The smallest absolute Gasteiger partial charge is 0.319 e. The molecule has 3 rings (SSSR count). The minimum Gasteiger partial charge on any atom is -0.425 e. The summed E-state index contributed by atoms with van der Waals surface area (Å²) in [6, 6.07) is 11.2. The number of fused-ring (bicyclic) bond motifs is 2. The third kappa shape index (κ3) is 1.29. The number of rotatable bonds is 0. The number of esters is 1. The van der Waals surface area contributed by atoms with Gasteiger partial charge in [0.1, 0.15) is 12.2 Å². The van der Waals surface area contributed by atoms with Crippen molar-refractivity contribution in [3.63, 3.8) is 0 Å². The molecular formula is C13H8O3. The molecule has 3 nitrogen and oxygen atoms in total. The Kier molecular flexibility index (Phi) is 1.80. The molecule has 1 aliphatic heterocycles. The molecule has 2 aromatic carbocycles. The van der Waals surface area contributed by atoms with E-state index in [1.807, 2.05) is 24.3 Å². The van der Waals surface area contributed by atoms with Gasteiger partial charge in [0.05, 0.1) is 5.56 Å². The lowest BCUT2D eigenvalue weighted by atomic mass is 10.00. The first-order chi connectivity index (χ1) is 7.74. The molecular weight excluding hydrogens is 204 g/mol. The molecule has 0 fully saturated rings. The minimum atomic E-state index is -0.479. The molecule has 0 aromatic heterocycles. The summed E-state index contributed by atoms with van der Waals surface area (Å²) in [5, 5.41) is 1.94. The second-order valence-electron chi connectivity index (χ2n) is 3.77. The molecule has 3 heteroatoms. The van der Waals surface area contributed by atoms with E-state index in [0.29, 0.717) is 11.3 Å². The van der Waals surface area contributed by atoms with Gasteiger partial charge in [0, 0.05) is 0 Å². The molecule has 0 atom stereocenters. The molecule has 0 unspecified atom stereocenters. The van der Waals surface area contributed by atoms with Crippen LogP contribution in [0.4, 0.5) is 0 Å². The van der Waals surface area contributed by atoms with Crippen LogP contribution in [0, 0.1) is 0 Å². The second kappa shape index (κ2) is 3.17. The van der Waals surface area contributed by atoms with Crippen molar-refractivity contribution < 1.29 is 14.3 Å². The van der Waals surface area contributed by atoms with Crippen LogP contribution < -0.4 is 4.74 Å². The number of hydrogen-bond acceptors (Lipinski definition) is 3. The molecule has 0 saturated heterocycles. The number of Topliss-reactive ketones (excluding diaryl/α,β-unsaturated/α-hetero) is 1. The monoisotopic (exact) mass is 212 g/mol. The number of ether oxygens (including phenoxy) is 1. The Balaban J connectivity index is 2.30. The zero-order valence-electron chi connectivity index (χ0n) is 8.40. The van der Waals surface area contributed by atoms with E-state index in [0.717, 1.165) is 10.8 Å².